The van der Waals surface area contributed by atoms with E-state index in [1.165, 1.54) is 24.3 Å². The molecule has 2 aromatic rings. The number of aryl methyl sites for hydroxylation is 1. The Morgan fingerprint density at radius 2 is 1.97 bits per heavy atom. The molecular formula is C20H20FN3O5S2. The van der Waals surface area contributed by atoms with Gasteiger partial charge in [-0.3, -0.25) is 14.3 Å². The van der Waals surface area contributed by atoms with Crippen LogP contribution in [-0.4, -0.2) is 56.7 Å². The highest BCUT2D eigenvalue weighted by atomic mass is 32.2. The number of ether oxygens (including phenoxy) is 1. The maximum Gasteiger partial charge on any atom is 0.261 e. The Labute approximate surface area is 183 Å². The molecule has 4 rings (SSSR count). The summed E-state index contributed by atoms with van der Waals surface area (Å²) in [5, 5.41) is 1.69. The molecule has 11 heteroatoms. The number of anilines is 2. The molecule has 8 nitrogen and oxygen atoms in total. The van der Waals surface area contributed by atoms with Gasteiger partial charge in [0.15, 0.2) is 5.25 Å². The van der Waals surface area contributed by atoms with Gasteiger partial charge in [-0.15, -0.1) is 11.8 Å². The zero-order chi connectivity index (χ0) is 22.2. The van der Waals surface area contributed by atoms with Gasteiger partial charge < -0.3 is 15.0 Å². The van der Waals surface area contributed by atoms with Crippen molar-refractivity contribution in [2.45, 2.75) is 22.0 Å². The van der Waals surface area contributed by atoms with Gasteiger partial charge in [-0.2, -0.15) is 0 Å². The van der Waals surface area contributed by atoms with Crippen LogP contribution >= 0.6 is 11.8 Å². The molecule has 2 aromatic carbocycles. The van der Waals surface area contributed by atoms with Gasteiger partial charge in [-0.25, -0.2) is 12.8 Å². The highest BCUT2D eigenvalue weighted by molar-refractivity contribution is 8.01. The SMILES string of the molecule is Cc1ccc(NS(=O)(=O)c2ccc3c(c2)NC(=O)[C@@H](C(=O)N2CCOCC2)S3)cc1F. The molecule has 164 valence electrons. The van der Waals surface area contributed by atoms with E-state index in [0.717, 1.165) is 17.8 Å². The van der Waals surface area contributed by atoms with Crippen LogP contribution in [0, 0.1) is 12.7 Å². The quantitative estimate of drug-likeness (QED) is 0.671. The summed E-state index contributed by atoms with van der Waals surface area (Å²) in [6.45, 7) is 3.30. The van der Waals surface area contributed by atoms with E-state index in [-0.39, 0.29) is 16.5 Å². The standard InChI is InChI=1S/C20H20FN3O5S2/c1-12-2-3-13(10-15(12)21)23-31(27,28)14-4-5-17-16(11-14)22-19(25)18(30-17)20(26)24-6-8-29-9-7-24/h2-5,10-11,18,23H,6-9H2,1H3,(H,22,25)/t18-/m0/s1. The van der Waals surface area contributed by atoms with E-state index in [9.17, 15) is 22.4 Å². The summed E-state index contributed by atoms with van der Waals surface area (Å²) in [4.78, 5) is 27.3. The minimum Gasteiger partial charge on any atom is -0.378 e. The van der Waals surface area contributed by atoms with Crippen molar-refractivity contribution in [3.8, 4) is 0 Å². The summed E-state index contributed by atoms with van der Waals surface area (Å²) < 4.78 is 46.7. The van der Waals surface area contributed by atoms with Gasteiger partial charge in [-0.1, -0.05) is 6.07 Å². The molecule has 1 saturated heterocycles. The second kappa shape index (κ2) is 8.48. The van der Waals surface area contributed by atoms with Crippen molar-refractivity contribution in [1.82, 2.24) is 4.90 Å². The Kier molecular flexibility index (Phi) is 5.91. The number of benzene rings is 2. The van der Waals surface area contributed by atoms with Crippen molar-refractivity contribution in [2.75, 3.05) is 36.3 Å². The second-order valence-corrected chi connectivity index (χ2v) is 9.98. The van der Waals surface area contributed by atoms with Gasteiger partial charge in [0.05, 0.1) is 29.5 Å². The highest BCUT2D eigenvalue weighted by Crippen LogP contribution is 2.38. The first-order chi connectivity index (χ1) is 14.7. The molecule has 31 heavy (non-hydrogen) atoms. The molecule has 2 N–H and O–H groups in total. The fourth-order valence-electron chi connectivity index (χ4n) is 3.24. The van der Waals surface area contributed by atoms with Crippen molar-refractivity contribution in [3.63, 3.8) is 0 Å². The Bertz CT molecular complexity index is 1150. The minimum absolute atomic E-state index is 0.0916. The molecule has 0 spiro atoms. The third-order valence-electron chi connectivity index (χ3n) is 4.97. The number of sulfonamides is 1. The van der Waals surface area contributed by atoms with Crippen LogP contribution < -0.4 is 10.0 Å². The van der Waals surface area contributed by atoms with Crippen LogP contribution in [-0.2, 0) is 24.3 Å². The third-order valence-corrected chi connectivity index (χ3v) is 7.61. The van der Waals surface area contributed by atoms with Crippen LogP contribution in [0.1, 0.15) is 5.56 Å². The van der Waals surface area contributed by atoms with E-state index in [2.05, 4.69) is 10.0 Å². The first kappa shape index (κ1) is 21.6. The molecular weight excluding hydrogens is 445 g/mol. The maximum atomic E-state index is 13.7. The Morgan fingerprint density at radius 3 is 2.68 bits per heavy atom. The lowest BCUT2D eigenvalue weighted by Crippen LogP contribution is -2.49. The molecule has 0 unspecified atom stereocenters. The highest BCUT2D eigenvalue weighted by Gasteiger charge is 2.36. The molecule has 1 atom stereocenters. The molecule has 0 bridgehead atoms. The number of halogens is 1. The van der Waals surface area contributed by atoms with Crippen molar-refractivity contribution in [1.29, 1.82) is 0 Å². The molecule has 2 aliphatic rings. The van der Waals surface area contributed by atoms with Crippen LogP contribution in [0.2, 0.25) is 0 Å². The van der Waals surface area contributed by atoms with Crippen LogP contribution in [0.3, 0.4) is 0 Å². The van der Waals surface area contributed by atoms with Gasteiger partial charge in [0.1, 0.15) is 5.82 Å². The third kappa shape index (κ3) is 4.53. The smallest absolute Gasteiger partial charge is 0.261 e. The van der Waals surface area contributed by atoms with E-state index in [0.29, 0.717) is 42.4 Å². The van der Waals surface area contributed by atoms with Gasteiger partial charge in [0.25, 0.3) is 10.0 Å². The number of hydrogen-bond donors (Lipinski definition) is 2. The summed E-state index contributed by atoms with van der Waals surface area (Å²) in [6.07, 6.45) is 0. The van der Waals surface area contributed by atoms with E-state index in [1.54, 1.807) is 17.9 Å². The Balaban J connectivity index is 1.54. The second-order valence-electron chi connectivity index (χ2n) is 7.15. The fourth-order valence-corrected chi connectivity index (χ4v) is 5.37. The Hall–Kier alpha value is -2.63. The largest absolute Gasteiger partial charge is 0.378 e. The summed E-state index contributed by atoms with van der Waals surface area (Å²) in [5.41, 5.74) is 0.798. The normalized spacial score (nSPS) is 18.8. The molecule has 0 aliphatic carbocycles. The molecule has 1 fully saturated rings. The minimum atomic E-state index is -4.01. The number of nitrogens with one attached hydrogen (secondary N) is 2. The summed E-state index contributed by atoms with van der Waals surface area (Å²) >= 11 is 1.08. The molecule has 2 amide bonds. The maximum absolute atomic E-state index is 13.7. The molecule has 0 saturated carbocycles. The number of morpholine rings is 1. The monoisotopic (exact) mass is 465 g/mol. The van der Waals surface area contributed by atoms with Gasteiger partial charge >= 0.3 is 0 Å². The van der Waals surface area contributed by atoms with Crippen LogP contribution in [0.4, 0.5) is 15.8 Å². The summed E-state index contributed by atoms with van der Waals surface area (Å²) in [6, 6.07) is 8.29. The first-order valence-electron chi connectivity index (χ1n) is 9.52. The van der Waals surface area contributed by atoms with Crippen LogP contribution in [0.15, 0.2) is 46.2 Å². The lowest BCUT2D eigenvalue weighted by Gasteiger charge is -2.31. The zero-order valence-electron chi connectivity index (χ0n) is 16.6. The van der Waals surface area contributed by atoms with Crippen LogP contribution in [0.5, 0.6) is 0 Å². The van der Waals surface area contributed by atoms with Crippen molar-refractivity contribution < 1.29 is 27.1 Å². The van der Waals surface area contributed by atoms with Gasteiger partial charge in [0.2, 0.25) is 11.8 Å². The average molecular weight is 466 g/mol. The number of carbonyl (C=O) groups is 2. The van der Waals surface area contributed by atoms with Crippen molar-refractivity contribution in [2.24, 2.45) is 0 Å². The Morgan fingerprint density at radius 1 is 1.23 bits per heavy atom. The number of hydrogen-bond acceptors (Lipinski definition) is 6. The van der Waals surface area contributed by atoms with Gasteiger partial charge in [0, 0.05) is 18.0 Å². The van der Waals surface area contributed by atoms with E-state index < -0.39 is 27.0 Å². The topological polar surface area (TPSA) is 105 Å². The summed E-state index contributed by atoms with van der Waals surface area (Å²) in [7, 11) is -4.01. The predicted octanol–water partition coefficient (Wildman–Crippen LogP) is 2.21. The number of carbonyl (C=O) groups excluding carboxylic acids is 2. The molecule has 2 heterocycles. The molecule has 0 radical (unpaired) electrons. The lowest BCUT2D eigenvalue weighted by molar-refractivity contribution is -0.137. The van der Waals surface area contributed by atoms with Crippen molar-refractivity contribution in [3.05, 3.63) is 47.8 Å². The number of thioether (sulfide) groups is 1. The predicted molar refractivity (Wildman–Crippen MR) is 114 cm³/mol. The van der Waals surface area contributed by atoms with Gasteiger partial charge in [-0.05, 0) is 42.8 Å². The molecule has 2 aliphatic heterocycles. The average Bonchev–Trinajstić information content (AvgIpc) is 2.75. The van der Waals surface area contributed by atoms with Crippen molar-refractivity contribution >= 4 is 45.0 Å². The number of nitrogens with zero attached hydrogens (tertiary/aromatic N) is 1. The zero-order valence-corrected chi connectivity index (χ0v) is 18.2. The first-order valence-corrected chi connectivity index (χ1v) is 11.9. The number of fused-ring (bicyclic) bond motifs is 1. The van der Waals surface area contributed by atoms with Crippen LogP contribution in [0.25, 0.3) is 0 Å². The lowest BCUT2D eigenvalue weighted by atomic mass is 10.2. The number of rotatable bonds is 4. The summed E-state index contributed by atoms with van der Waals surface area (Å²) in [5.74, 6) is -1.32. The fraction of sp³-hybridized carbons (Fsp3) is 0.300. The van der Waals surface area contributed by atoms with E-state index in [1.807, 2.05) is 0 Å². The van der Waals surface area contributed by atoms with E-state index >= 15 is 0 Å². The molecule has 0 aromatic heterocycles. The number of amides is 2. The van der Waals surface area contributed by atoms with E-state index in [4.69, 9.17) is 4.74 Å².